The van der Waals surface area contributed by atoms with E-state index in [4.69, 9.17) is 0 Å². The van der Waals surface area contributed by atoms with Gasteiger partial charge in [-0.2, -0.15) is 5.10 Å². The van der Waals surface area contributed by atoms with Crippen molar-refractivity contribution < 1.29 is 4.79 Å². The van der Waals surface area contributed by atoms with Gasteiger partial charge in [-0.25, -0.2) is 5.43 Å². The molecule has 0 aliphatic heterocycles. The van der Waals surface area contributed by atoms with Gasteiger partial charge >= 0.3 is 0 Å². The lowest BCUT2D eigenvalue weighted by Gasteiger charge is -2.11. The van der Waals surface area contributed by atoms with Gasteiger partial charge in [-0.05, 0) is 76.1 Å². The zero-order chi connectivity index (χ0) is 21.0. The van der Waals surface area contributed by atoms with Crippen molar-refractivity contribution in [2.75, 3.05) is 5.75 Å². The molecule has 0 unspecified atom stereocenters. The Balaban J connectivity index is 1.64. The van der Waals surface area contributed by atoms with Crippen LogP contribution in [0.1, 0.15) is 33.6 Å². The summed E-state index contributed by atoms with van der Waals surface area (Å²) >= 11 is 1.50. The van der Waals surface area contributed by atoms with Crippen LogP contribution in [0.25, 0.3) is 5.69 Å². The molecule has 1 amide bonds. The SMILES string of the molecule is Cc1ccc(SCC(=O)N/N=C\c2cc(C)n(-c3ccc(C)c(C)c3)c2C)cc1. The molecule has 0 atom stereocenters. The van der Waals surface area contributed by atoms with Crippen molar-refractivity contribution in [1.82, 2.24) is 9.99 Å². The number of carbonyl (C=O) groups is 1. The summed E-state index contributed by atoms with van der Waals surface area (Å²) in [5.74, 6) is 0.219. The van der Waals surface area contributed by atoms with Crippen LogP contribution in [0.3, 0.4) is 0 Å². The highest BCUT2D eigenvalue weighted by Gasteiger charge is 2.10. The van der Waals surface area contributed by atoms with E-state index >= 15 is 0 Å². The number of aryl methyl sites for hydroxylation is 4. The summed E-state index contributed by atoms with van der Waals surface area (Å²) < 4.78 is 2.21. The van der Waals surface area contributed by atoms with Crippen molar-refractivity contribution in [3.63, 3.8) is 0 Å². The van der Waals surface area contributed by atoms with Gasteiger partial charge in [-0.15, -0.1) is 11.8 Å². The van der Waals surface area contributed by atoms with Gasteiger partial charge in [-0.3, -0.25) is 4.79 Å². The highest BCUT2D eigenvalue weighted by Crippen LogP contribution is 2.22. The molecule has 3 aromatic rings. The van der Waals surface area contributed by atoms with Crippen LogP contribution >= 0.6 is 11.8 Å². The molecule has 4 nitrogen and oxygen atoms in total. The maximum absolute atomic E-state index is 12.1. The molecule has 0 radical (unpaired) electrons. The third-order valence-electron chi connectivity index (χ3n) is 5.00. The Bertz CT molecular complexity index is 1050. The second-order valence-electron chi connectivity index (χ2n) is 7.33. The minimum absolute atomic E-state index is 0.116. The fourth-order valence-electron chi connectivity index (χ4n) is 3.17. The molecule has 0 saturated heterocycles. The number of nitrogens with zero attached hydrogens (tertiary/aromatic N) is 2. The van der Waals surface area contributed by atoms with Gasteiger partial charge in [0.2, 0.25) is 5.91 Å². The first-order valence-corrected chi connectivity index (χ1v) is 10.6. The Kier molecular flexibility index (Phi) is 6.60. The third-order valence-corrected chi connectivity index (χ3v) is 6.01. The summed E-state index contributed by atoms with van der Waals surface area (Å²) in [7, 11) is 0. The average molecular weight is 406 g/mol. The summed E-state index contributed by atoms with van der Waals surface area (Å²) in [5, 5.41) is 4.16. The number of benzene rings is 2. The third kappa shape index (κ3) is 5.18. The Morgan fingerprint density at radius 3 is 2.41 bits per heavy atom. The number of hydrogen-bond acceptors (Lipinski definition) is 3. The lowest BCUT2D eigenvalue weighted by Crippen LogP contribution is -2.19. The van der Waals surface area contributed by atoms with E-state index in [9.17, 15) is 4.79 Å². The predicted octanol–water partition coefficient (Wildman–Crippen LogP) is 5.26. The number of rotatable bonds is 6. The normalized spacial score (nSPS) is 11.2. The van der Waals surface area contributed by atoms with Crippen LogP contribution in [-0.2, 0) is 4.79 Å². The summed E-state index contributed by atoms with van der Waals surface area (Å²) in [6.07, 6.45) is 1.72. The molecule has 3 rings (SSSR count). The monoisotopic (exact) mass is 405 g/mol. The summed E-state index contributed by atoms with van der Waals surface area (Å²) in [5.41, 5.74) is 10.7. The molecule has 2 aromatic carbocycles. The fourth-order valence-corrected chi connectivity index (χ4v) is 3.86. The van der Waals surface area contributed by atoms with Gasteiger partial charge in [0.25, 0.3) is 0 Å². The first kappa shape index (κ1) is 20.9. The van der Waals surface area contributed by atoms with E-state index in [1.165, 1.54) is 28.5 Å². The van der Waals surface area contributed by atoms with Gasteiger partial charge in [-0.1, -0.05) is 23.8 Å². The van der Waals surface area contributed by atoms with Gasteiger partial charge in [0.1, 0.15) is 0 Å². The molecule has 1 N–H and O–H groups in total. The second-order valence-corrected chi connectivity index (χ2v) is 8.37. The van der Waals surface area contributed by atoms with Gasteiger partial charge in [0, 0.05) is 27.5 Å². The van der Waals surface area contributed by atoms with Crippen LogP contribution in [0.4, 0.5) is 0 Å². The van der Waals surface area contributed by atoms with Crippen molar-refractivity contribution >= 4 is 23.9 Å². The molecule has 150 valence electrons. The van der Waals surface area contributed by atoms with Gasteiger partial charge < -0.3 is 4.57 Å². The largest absolute Gasteiger partial charge is 0.318 e. The lowest BCUT2D eigenvalue weighted by molar-refractivity contribution is -0.118. The number of hydrogen-bond donors (Lipinski definition) is 1. The van der Waals surface area contributed by atoms with Gasteiger partial charge in [0.05, 0.1) is 12.0 Å². The highest BCUT2D eigenvalue weighted by atomic mass is 32.2. The average Bonchev–Trinajstić information content (AvgIpc) is 2.97. The lowest BCUT2D eigenvalue weighted by atomic mass is 10.1. The molecule has 0 bridgehead atoms. The van der Waals surface area contributed by atoms with Crippen molar-refractivity contribution in [3.8, 4) is 5.69 Å². The van der Waals surface area contributed by atoms with E-state index in [1.807, 2.05) is 31.2 Å². The molecule has 5 heteroatoms. The standard InChI is InChI=1S/C24H27N3OS/c1-16-6-10-23(11-7-16)29-15-24(28)26-25-14-21-13-19(4)27(20(21)5)22-9-8-17(2)18(3)12-22/h6-14H,15H2,1-5H3,(H,26,28)/b25-14-. The maximum Gasteiger partial charge on any atom is 0.250 e. The molecule has 1 aromatic heterocycles. The van der Waals surface area contributed by atoms with Crippen LogP contribution in [0.5, 0.6) is 0 Å². The first-order chi connectivity index (χ1) is 13.8. The van der Waals surface area contributed by atoms with E-state index in [0.29, 0.717) is 5.75 Å². The van der Waals surface area contributed by atoms with E-state index in [0.717, 1.165) is 27.5 Å². The summed E-state index contributed by atoms with van der Waals surface area (Å²) in [6.45, 7) is 10.4. The number of amides is 1. The van der Waals surface area contributed by atoms with Crippen molar-refractivity contribution in [2.24, 2.45) is 5.10 Å². The zero-order valence-electron chi connectivity index (χ0n) is 17.6. The van der Waals surface area contributed by atoms with Crippen molar-refractivity contribution in [3.05, 3.63) is 82.2 Å². The minimum atomic E-state index is -0.116. The molecule has 0 aliphatic carbocycles. The molecule has 1 heterocycles. The van der Waals surface area contributed by atoms with E-state index in [2.05, 4.69) is 67.1 Å². The molecular weight excluding hydrogens is 378 g/mol. The highest BCUT2D eigenvalue weighted by molar-refractivity contribution is 8.00. The molecule has 29 heavy (non-hydrogen) atoms. The quantitative estimate of drug-likeness (QED) is 0.345. The maximum atomic E-state index is 12.1. The van der Waals surface area contributed by atoms with Crippen LogP contribution in [0, 0.1) is 34.6 Å². The van der Waals surface area contributed by atoms with E-state index in [1.54, 1.807) is 6.21 Å². The number of hydrazone groups is 1. The number of carbonyl (C=O) groups excluding carboxylic acids is 1. The Labute approximate surface area is 177 Å². The summed E-state index contributed by atoms with van der Waals surface area (Å²) in [6, 6.07) is 16.7. The van der Waals surface area contributed by atoms with E-state index in [-0.39, 0.29) is 5.91 Å². The zero-order valence-corrected chi connectivity index (χ0v) is 18.4. The Hall–Kier alpha value is -2.79. The van der Waals surface area contributed by atoms with Crippen LogP contribution in [-0.4, -0.2) is 22.4 Å². The van der Waals surface area contributed by atoms with E-state index < -0.39 is 0 Å². The van der Waals surface area contributed by atoms with Crippen molar-refractivity contribution in [2.45, 2.75) is 39.5 Å². The molecule has 0 aliphatic rings. The number of aromatic nitrogens is 1. The second kappa shape index (κ2) is 9.14. The molecule has 0 saturated carbocycles. The Morgan fingerprint density at radius 2 is 1.72 bits per heavy atom. The van der Waals surface area contributed by atoms with Crippen LogP contribution < -0.4 is 5.43 Å². The molecule has 0 spiro atoms. The minimum Gasteiger partial charge on any atom is -0.318 e. The number of nitrogens with one attached hydrogen (secondary N) is 1. The molecular formula is C24H27N3OS. The predicted molar refractivity (Wildman–Crippen MR) is 122 cm³/mol. The summed E-state index contributed by atoms with van der Waals surface area (Å²) in [4.78, 5) is 13.1. The van der Waals surface area contributed by atoms with Gasteiger partial charge in [0.15, 0.2) is 0 Å². The first-order valence-electron chi connectivity index (χ1n) is 9.63. The topological polar surface area (TPSA) is 46.4 Å². The van der Waals surface area contributed by atoms with Crippen LogP contribution in [0.15, 0.2) is 58.5 Å². The smallest absolute Gasteiger partial charge is 0.250 e. The number of thioether (sulfide) groups is 1. The molecule has 0 fully saturated rings. The Morgan fingerprint density at radius 1 is 1.00 bits per heavy atom. The van der Waals surface area contributed by atoms with Crippen molar-refractivity contribution in [1.29, 1.82) is 0 Å². The fraction of sp³-hybridized carbons (Fsp3) is 0.250. The van der Waals surface area contributed by atoms with Crippen LogP contribution in [0.2, 0.25) is 0 Å².